The molecular formula is C14H12N4O. The molecule has 0 aliphatic rings. The normalized spacial score (nSPS) is 10.3. The highest BCUT2D eigenvalue weighted by Crippen LogP contribution is 2.13. The van der Waals surface area contributed by atoms with Gasteiger partial charge >= 0.3 is 6.03 Å². The Labute approximate surface area is 109 Å². The summed E-state index contributed by atoms with van der Waals surface area (Å²) in [7, 11) is 0. The van der Waals surface area contributed by atoms with Crippen LogP contribution in [0.2, 0.25) is 0 Å². The predicted molar refractivity (Wildman–Crippen MR) is 74.6 cm³/mol. The largest absolute Gasteiger partial charge is 0.338 e. The lowest BCUT2D eigenvalue weighted by atomic mass is 10.3. The summed E-state index contributed by atoms with van der Waals surface area (Å²) in [6.45, 7) is 0. The first-order valence-electron chi connectivity index (χ1n) is 5.87. The number of anilines is 1. The molecule has 0 bridgehead atoms. The van der Waals surface area contributed by atoms with E-state index in [0.29, 0.717) is 5.69 Å². The molecule has 0 saturated carbocycles. The van der Waals surface area contributed by atoms with Crippen LogP contribution in [0.15, 0.2) is 61.1 Å². The molecule has 3 aromatic rings. The smallest absolute Gasteiger partial charge is 0.306 e. The maximum Gasteiger partial charge on any atom is 0.338 e. The van der Waals surface area contributed by atoms with Crippen LogP contribution >= 0.6 is 0 Å². The second-order valence-electron chi connectivity index (χ2n) is 4.05. The fourth-order valence-corrected chi connectivity index (χ4v) is 1.88. The lowest BCUT2D eigenvalue weighted by Gasteiger charge is -2.09. The van der Waals surface area contributed by atoms with E-state index < -0.39 is 0 Å². The summed E-state index contributed by atoms with van der Waals surface area (Å²) in [5.74, 6) is 0. The molecule has 0 aliphatic heterocycles. The van der Waals surface area contributed by atoms with Crippen molar-refractivity contribution in [2.75, 3.05) is 10.7 Å². The number of fused-ring (bicyclic) bond motifs is 1. The van der Waals surface area contributed by atoms with E-state index in [1.54, 1.807) is 29.2 Å². The van der Waals surface area contributed by atoms with Gasteiger partial charge in [-0.2, -0.15) is 0 Å². The van der Waals surface area contributed by atoms with Gasteiger partial charge in [-0.15, -0.1) is 0 Å². The molecule has 0 saturated heterocycles. The predicted octanol–water partition coefficient (Wildman–Crippen LogP) is 2.81. The Hall–Kier alpha value is -2.82. The molecule has 1 aromatic carbocycles. The van der Waals surface area contributed by atoms with Crippen molar-refractivity contribution in [3.8, 4) is 0 Å². The molecule has 3 rings (SSSR count). The first-order valence-corrected chi connectivity index (χ1v) is 5.87. The average Bonchev–Trinajstić information content (AvgIpc) is 2.83. The van der Waals surface area contributed by atoms with E-state index >= 15 is 0 Å². The third-order valence-electron chi connectivity index (χ3n) is 2.76. The highest BCUT2D eigenvalue weighted by molar-refractivity contribution is 5.96. The van der Waals surface area contributed by atoms with Crippen molar-refractivity contribution < 1.29 is 4.79 Å². The van der Waals surface area contributed by atoms with Gasteiger partial charge in [-0.05, 0) is 24.3 Å². The van der Waals surface area contributed by atoms with Crippen LogP contribution < -0.4 is 10.7 Å². The van der Waals surface area contributed by atoms with E-state index in [4.69, 9.17) is 0 Å². The highest BCUT2D eigenvalue weighted by atomic mass is 16.2. The zero-order chi connectivity index (χ0) is 13.1. The molecule has 2 amide bonds. The Morgan fingerprint density at radius 2 is 1.84 bits per heavy atom. The number of carbonyl (C=O) groups excluding carboxylic acids is 1. The first-order chi connectivity index (χ1) is 9.33. The molecule has 2 heterocycles. The molecule has 0 aliphatic carbocycles. The Balaban J connectivity index is 1.76. The number of nitrogens with zero attached hydrogens (tertiary/aromatic N) is 2. The van der Waals surface area contributed by atoms with Crippen molar-refractivity contribution in [3.63, 3.8) is 0 Å². The number of carbonyl (C=O) groups is 1. The van der Waals surface area contributed by atoms with Crippen LogP contribution in [-0.2, 0) is 0 Å². The molecule has 94 valence electrons. The van der Waals surface area contributed by atoms with E-state index in [-0.39, 0.29) is 6.03 Å². The molecular weight excluding hydrogens is 240 g/mol. The van der Waals surface area contributed by atoms with Gasteiger partial charge in [-0.3, -0.25) is 9.66 Å². The van der Waals surface area contributed by atoms with Crippen LogP contribution in [0, 0.1) is 0 Å². The Kier molecular flexibility index (Phi) is 2.86. The van der Waals surface area contributed by atoms with Gasteiger partial charge in [0.1, 0.15) is 0 Å². The molecule has 0 spiro atoms. The van der Waals surface area contributed by atoms with Crippen molar-refractivity contribution >= 4 is 22.6 Å². The zero-order valence-corrected chi connectivity index (χ0v) is 10.1. The molecule has 2 N–H and O–H groups in total. The number of urea groups is 1. The summed E-state index contributed by atoms with van der Waals surface area (Å²) >= 11 is 0. The van der Waals surface area contributed by atoms with E-state index in [2.05, 4.69) is 15.7 Å². The molecule has 19 heavy (non-hydrogen) atoms. The molecule has 0 unspecified atom stereocenters. The maximum absolute atomic E-state index is 11.9. The van der Waals surface area contributed by atoms with Gasteiger partial charge < -0.3 is 5.32 Å². The summed E-state index contributed by atoms with van der Waals surface area (Å²) < 4.78 is 1.69. The number of hydrogen-bond donors (Lipinski definition) is 2. The van der Waals surface area contributed by atoms with Gasteiger partial charge in [0, 0.05) is 29.7 Å². The number of pyridine rings is 1. The number of benzene rings is 1. The zero-order valence-electron chi connectivity index (χ0n) is 10.1. The third-order valence-corrected chi connectivity index (χ3v) is 2.76. The lowest BCUT2D eigenvalue weighted by molar-refractivity contribution is 0.260. The number of para-hydroxylation sites is 1. The lowest BCUT2D eigenvalue weighted by Crippen LogP contribution is -2.27. The van der Waals surface area contributed by atoms with Crippen LogP contribution in [-0.4, -0.2) is 15.7 Å². The van der Waals surface area contributed by atoms with Crippen LogP contribution in [0.3, 0.4) is 0 Å². The number of rotatable bonds is 2. The molecule has 2 aromatic heterocycles. The number of nitrogens with one attached hydrogen (secondary N) is 2. The number of aromatic nitrogens is 2. The van der Waals surface area contributed by atoms with Gasteiger partial charge in [0.2, 0.25) is 0 Å². The summed E-state index contributed by atoms with van der Waals surface area (Å²) in [5.41, 5.74) is 4.41. The fourth-order valence-electron chi connectivity index (χ4n) is 1.88. The van der Waals surface area contributed by atoms with Gasteiger partial charge in [0.25, 0.3) is 0 Å². The van der Waals surface area contributed by atoms with Crippen molar-refractivity contribution in [3.05, 3.63) is 61.1 Å². The molecule has 0 fully saturated rings. The minimum Gasteiger partial charge on any atom is -0.306 e. The van der Waals surface area contributed by atoms with Gasteiger partial charge in [0.15, 0.2) is 0 Å². The summed E-state index contributed by atoms with van der Waals surface area (Å²) in [4.78, 5) is 15.8. The average molecular weight is 252 g/mol. The number of hydrogen-bond acceptors (Lipinski definition) is 2. The van der Waals surface area contributed by atoms with Crippen molar-refractivity contribution in [2.24, 2.45) is 0 Å². The van der Waals surface area contributed by atoms with E-state index in [9.17, 15) is 4.79 Å². The standard InChI is InChI=1S/C14H12N4O/c19-14(16-12-5-8-15-9-6-12)17-18-10-7-11-3-1-2-4-13(11)18/h1-10H,(H2,15,16,17,19). The minimum absolute atomic E-state index is 0.299. The first kappa shape index (κ1) is 11.3. The second-order valence-corrected chi connectivity index (χ2v) is 4.05. The third kappa shape index (κ3) is 2.40. The van der Waals surface area contributed by atoms with Crippen LogP contribution in [0.25, 0.3) is 10.9 Å². The highest BCUT2D eigenvalue weighted by Gasteiger charge is 2.04. The minimum atomic E-state index is -0.299. The fraction of sp³-hybridized carbons (Fsp3) is 0. The monoisotopic (exact) mass is 252 g/mol. The van der Waals surface area contributed by atoms with Crippen LogP contribution in [0.5, 0.6) is 0 Å². The quantitative estimate of drug-likeness (QED) is 0.736. The topological polar surface area (TPSA) is 59.0 Å². The van der Waals surface area contributed by atoms with Crippen LogP contribution in [0.4, 0.5) is 10.5 Å². The number of amides is 2. The molecule has 0 atom stereocenters. The summed E-state index contributed by atoms with van der Waals surface area (Å²) in [5, 5.41) is 3.81. The molecule has 5 heteroatoms. The molecule has 0 radical (unpaired) electrons. The maximum atomic E-state index is 11.9. The van der Waals surface area contributed by atoms with Crippen molar-refractivity contribution in [2.45, 2.75) is 0 Å². The summed E-state index contributed by atoms with van der Waals surface area (Å²) in [6.07, 6.45) is 5.07. The second kappa shape index (κ2) is 4.81. The van der Waals surface area contributed by atoms with E-state index in [1.807, 2.05) is 36.5 Å². The molecule has 5 nitrogen and oxygen atoms in total. The van der Waals surface area contributed by atoms with E-state index in [1.165, 1.54) is 0 Å². The summed E-state index contributed by atoms with van der Waals surface area (Å²) in [6, 6.07) is 12.9. The SMILES string of the molecule is O=C(Nc1ccncc1)Nn1ccc2ccccc21. The van der Waals surface area contributed by atoms with Crippen molar-refractivity contribution in [1.29, 1.82) is 0 Å². The Morgan fingerprint density at radius 1 is 1.05 bits per heavy atom. The Morgan fingerprint density at radius 3 is 2.68 bits per heavy atom. The van der Waals surface area contributed by atoms with E-state index in [0.717, 1.165) is 10.9 Å². The van der Waals surface area contributed by atoms with Gasteiger partial charge in [0.05, 0.1) is 5.52 Å². The van der Waals surface area contributed by atoms with Gasteiger partial charge in [-0.25, -0.2) is 10.2 Å². The van der Waals surface area contributed by atoms with Gasteiger partial charge in [-0.1, -0.05) is 18.2 Å². The van der Waals surface area contributed by atoms with Crippen LogP contribution in [0.1, 0.15) is 0 Å². The van der Waals surface area contributed by atoms with Crippen molar-refractivity contribution in [1.82, 2.24) is 9.66 Å². The Bertz CT molecular complexity index is 706.